The molecule has 0 aliphatic rings. The van der Waals surface area contributed by atoms with Crippen molar-refractivity contribution in [1.29, 1.82) is 0 Å². The van der Waals surface area contributed by atoms with Gasteiger partial charge in [-0.2, -0.15) is 5.10 Å². The smallest absolute Gasteiger partial charge is 0.261 e. The number of ether oxygens (including phenoxy) is 1. The Labute approximate surface area is 159 Å². The molecule has 0 aliphatic heterocycles. The lowest BCUT2D eigenvalue weighted by molar-refractivity contribution is 0.181. The highest BCUT2D eigenvalue weighted by molar-refractivity contribution is 6.30. The van der Waals surface area contributed by atoms with E-state index >= 15 is 0 Å². The molecule has 0 saturated carbocycles. The van der Waals surface area contributed by atoms with Gasteiger partial charge in [0.1, 0.15) is 0 Å². The van der Waals surface area contributed by atoms with E-state index in [-0.39, 0.29) is 18.7 Å². The van der Waals surface area contributed by atoms with Gasteiger partial charge in [-0.1, -0.05) is 23.7 Å². The molecular formula is C19H17ClN4O3. The number of fused-ring (bicyclic) bond motifs is 3. The van der Waals surface area contributed by atoms with Crippen LogP contribution >= 0.6 is 11.6 Å². The van der Waals surface area contributed by atoms with E-state index in [1.165, 1.54) is 4.57 Å². The Morgan fingerprint density at radius 3 is 2.70 bits per heavy atom. The van der Waals surface area contributed by atoms with Crippen LogP contribution in [0.4, 0.5) is 0 Å². The number of rotatable bonds is 5. The Morgan fingerprint density at radius 1 is 1.22 bits per heavy atom. The summed E-state index contributed by atoms with van der Waals surface area (Å²) in [7, 11) is 1.61. The summed E-state index contributed by atoms with van der Waals surface area (Å²) >= 11 is 6.01. The molecule has 8 heteroatoms. The molecule has 0 aliphatic carbocycles. The Morgan fingerprint density at radius 2 is 2.00 bits per heavy atom. The quantitative estimate of drug-likeness (QED) is 0.571. The first-order valence-electron chi connectivity index (χ1n) is 8.39. The van der Waals surface area contributed by atoms with Gasteiger partial charge in [0.05, 0.1) is 35.4 Å². The summed E-state index contributed by atoms with van der Waals surface area (Å²) < 4.78 is 8.43. The van der Waals surface area contributed by atoms with E-state index in [1.807, 2.05) is 24.3 Å². The number of methoxy groups -OCH3 is 1. The number of pyridine rings is 1. The zero-order valence-corrected chi connectivity index (χ0v) is 15.3. The third kappa shape index (κ3) is 2.99. The zero-order valence-electron chi connectivity index (χ0n) is 14.6. The first-order chi connectivity index (χ1) is 13.1. The van der Waals surface area contributed by atoms with Gasteiger partial charge in [-0.25, -0.2) is 9.50 Å². The van der Waals surface area contributed by atoms with E-state index in [0.717, 1.165) is 16.8 Å². The average molecular weight is 385 g/mol. The molecule has 0 unspecified atom stereocenters. The van der Waals surface area contributed by atoms with Gasteiger partial charge in [-0.15, -0.1) is 0 Å². The first-order valence-corrected chi connectivity index (χ1v) is 8.77. The molecule has 3 aromatic heterocycles. The van der Waals surface area contributed by atoms with Gasteiger partial charge in [0.15, 0.2) is 5.65 Å². The first kappa shape index (κ1) is 17.7. The topological polar surface area (TPSA) is 81.7 Å². The maximum absolute atomic E-state index is 12.6. The summed E-state index contributed by atoms with van der Waals surface area (Å²) in [5, 5.41) is 14.8. The largest absolute Gasteiger partial charge is 0.395 e. The van der Waals surface area contributed by atoms with E-state index in [0.29, 0.717) is 28.2 Å². The minimum Gasteiger partial charge on any atom is -0.395 e. The van der Waals surface area contributed by atoms with Crippen molar-refractivity contribution in [2.45, 2.75) is 13.2 Å². The van der Waals surface area contributed by atoms with Crippen LogP contribution in [0.5, 0.6) is 0 Å². The van der Waals surface area contributed by atoms with Gasteiger partial charge in [0.25, 0.3) is 5.56 Å². The number of halogens is 1. The van der Waals surface area contributed by atoms with Gasteiger partial charge in [0.2, 0.25) is 0 Å². The number of nitrogens with zero attached hydrogens (tertiary/aromatic N) is 4. The summed E-state index contributed by atoms with van der Waals surface area (Å²) in [6.45, 7) is 0.433. The van der Waals surface area contributed by atoms with Crippen molar-refractivity contribution in [2.75, 3.05) is 13.7 Å². The third-order valence-electron chi connectivity index (χ3n) is 4.41. The molecule has 1 aromatic carbocycles. The number of aromatic nitrogens is 4. The van der Waals surface area contributed by atoms with Gasteiger partial charge >= 0.3 is 0 Å². The van der Waals surface area contributed by atoms with Crippen molar-refractivity contribution in [3.05, 3.63) is 63.8 Å². The van der Waals surface area contributed by atoms with E-state index < -0.39 is 0 Å². The van der Waals surface area contributed by atoms with Crippen LogP contribution in [-0.2, 0) is 17.9 Å². The van der Waals surface area contributed by atoms with Crippen molar-refractivity contribution >= 4 is 28.2 Å². The number of hydrogen-bond acceptors (Lipinski definition) is 5. The minimum absolute atomic E-state index is 0.110. The van der Waals surface area contributed by atoms with Crippen molar-refractivity contribution in [1.82, 2.24) is 19.2 Å². The van der Waals surface area contributed by atoms with Gasteiger partial charge in [-0.3, -0.25) is 4.79 Å². The molecule has 0 amide bonds. The summed E-state index contributed by atoms with van der Waals surface area (Å²) in [6.07, 6.45) is 3.21. The van der Waals surface area contributed by atoms with E-state index in [1.54, 1.807) is 30.1 Å². The van der Waals surface area contributed by atoms with Gasteiger partial charge < -0.3 is 14.4 Å². The highest BCUT2D eigenvalue weighted by Crippen LogP contribution is 2.30. The predicted molar refractivity (Wildman–Crippen MR) is 103 cm³/mol. The molecule has 0 bridgehead atoms. The Balaban J connectivity index is 2.02. The van der Waals surface area contributed by atoms with Crippen LogP contribution in [0.25, 0.3) is 27.7 Å². The van der Waals surface area contributed by atoms with Crippen molar-refractivity contribution in [3.63, 3.8) is 0 Å². The fraction of sp³-hybridized carbons (Fsp3) is 0.211. The lowest BCUT2D eigenvalue weighted by Crippen LogP contribution is -2.21. The molecular weight excluding hydrogens is 368 g/mol. The molecule has 0 saturated heterocycles. The van der Waals surface area contributed by atoms with E-state index in [2.05, 4.69) is 10.1 Å². The molecule has 27 heavy (non-hydrogen) atoms. The monoisotopic (exact) mass is 384 g/mol. The number of benzene rings is 1. The normalized spacial score (nSPS) is 11.5. The second kappa shape index (κ2) is 7.11. The molecule has 0 radical (unpaired) electrons. The third-order valence-corrected chi connectivity index (χ3v) is 4.66. The number of aliphatic hydroxyl groups excluding tert-OH is 1. The Bertz CT molecular complexity index is 1180. The maximum atomic E-state index is 12.6. The van der Waals surface area contributed by atoms with E-state index in [9.17, 15) is 4.79 Å². The summed E-state index contributed by atoms with van der Waals surface area (Å²) in [5.74, 6) is 0. The summed E-state index contributed by atoms with van der Waals surface area (Å²) in [4.78, 5) is 17.1. The predicted octanol–water partition coefficient (Wildman–Crippen LogP) is 2.50. The Kier molecular flexibility index (Phi) is 4.65. The molecule has 4 aromatic rings. The molecule has 138 valence electrons. The summed E-state index contributed by atoms with van der Waals surface area (Å²) in [6, 6.07) is 9.24. The Hall–Kier alpha value is -2.74. The molecule has 0 fully saturated rings. The van der Waals surface area contributed by atoms with Crippen LogP contribution in [0.15, 0.2) is 47.5 Å². The van der Waals surface area contributed by atoms with Crippen molar-refractivity contribution in [3.8, 4) is 11.1 Å². The van der Waals surface area contributed by atoms with Gasteiger partial charge in [0, 0.05) is 31.1 Å². The minimum atomic E-state index is -0.215. The van der Waals surface area contributed by atoms with Gasteiger partial charge in [-0.05, 0) is 23.8 Å². The van der Waals surface area contributed by atoms with Crippen molar-refractivity contribution in [2.24, 2.45) is 0 Å². The maximum Gasteiger partial charge on any atom is 0.261 e. The van der Waals surface area contributed by atoms with Crippen LogP contribution in [0.3, 0.4) is 0 Å². The second-order valence-corrected chi connectivity index (χ2v) is 6.53. The zero-order chi connectivity index (χ0) is 19.0. The van der Waals surface area contributed by atoms with Crippen LogP contribution < -0.4 is 5.56 Å². The highest BCUT2D eigenvalue weighted by Gasteiger charge is 2.18. The van der Waals surface area contributed by atoms with Crippen LogP contribution in [0.1, 0.15) is 5.69 Å². The lowest BCUT2D eigenvalue weighted by Gasteiger charge is -2.06. The number of hydrogen-bond donors (Lipinski definition) is 1. The van der Waals surface area contributed by atoms with E-state index in [4.69, 9.17) is 21.4 Å². The standard InChI is InChI=1S/C19H17ClN4O3/c1-27-11-15-17(12-2-4-13(20)5-3-12)18-21-10-14-16(24(18)22-15)6-7-23(8-9-25)19(14)26/h2-7,10,25H,8-9,11H2,1H3. The van der Waals surface area contributed by atoms with Crippen molar-refractivity contribution < 1.29 is 9.84 Å². The molecule has 0 atom stereocenters. The van der Waals surface area contributed by atoms with Crippen LogP contribution in [0.2, 0.25) is 5.02 Å². The summed E-state index contributed by atoms with van der Waals surface area (Å²) in [5.41, 5.74) is 3.55. The average Bonchev–Trinajstić information content (AvgIpc) is 3.03. The SMILES string of the molecule is COCc1nn2c(ncc3c(=O)n(CCO)ccc32)c1-c1ccc(Cl)cc1. The van der Waals surface area contributed by atoms with Crippen LogP contribution in [0, 0.1) is 0 Å². The lowest BCUT2D eigenvalue weighted by atomic mass is 10.1. The molecule has 3 heterocycles. The fourth-order valence-electron chi connectivity index (χ4n) is 3.19. The molecule has 1 N–H and O–H groups in total. The second-order valence-electron chi connectivity index (χ2n) is 6.09. The molecule has 4 rings (SSSR count). The van der Waals surface area contributed by atoms with Crippen LogP contribution in [-0.4, -0.2) is 38.0 Å². The molecule has 7 nitrogen and oxygen atoms in total. The highest BCUT2D eigenvalue weighted by atomic mass is 35.5. The molecule has 0 spiro atoms. The fourth-order valence-corrected chi connectivity index (χ4v) is 3.31. The number of aliphatic hydroxyl groups is 1.